The van der Waals surface area contributed by atoms with Crippen molar-refractivity contribution in [3.63, 3.8) is 0 Å². The van der Waals surface area contributed by atoms with Crippen LogP contribution in [0, 0.1) is 0 Å². The lowest BCUT2D eigenvalue weighted by molar-refractivity contribution is 0.102. The Morgan fingerprint density at radius 3 is 2.13 bits per heavy atom. The third-order valence-corrected chi connectivity index (χ3v) is 5.64. The van der Waals surface area contributed by atoms with Crippen LogP contribution in [0.25, 0.3) is 0 Å². The van der Waals surface area contributed by atoms with Gasteiger partial charge in [0.1, 0.15) is 0 Å². The lowest BCUT2D eigenvalue weighted by atomic mass is 10.2. The standard InChI is InChI=1S/C15H14Cl2N2O3S/c1-19(2)23(21,22)12-6-4-11(5-7-12)18-15(20)10-3-8-13(16)14(17)9-10/h3-9H,1-2H3,(H,18,20). The average Bonchev–Trinajstić information content (AvgIpc) is 2.50. The zero-order chi connectivity index (χ0) is 17.2. The van der Waals surface area contributed by atoms with Crippen LogP contribution in [-0.2, 0) is 10.0 Å². The molecular formula is C15H14Cl2N2O3S. The molecule has 0 bridgehead atoms. The zero-order valence-electron chi connectivity index (χ0n) is 12.4. The van der Waals surface area contributed by atoms with Crippen molar-refractivity contribution in [2.24, 2.45) is 0 Å². The number of anilines is 1. The summed E-state index contributed by atoms with van der Waals surface area (Å²) in [6, 6.07) is 10.4. The SMILES string of the molecule is CN(C)S(=O)(=O)c1ccc(NC(=O)c2ccc(Cl)c(Cl)c2)cc1. The summed E-state index contributed by atoms with van der Waals surface area (Å²) >= 11 is 11.7. The van der Waals surface area contributed by atoms with E-state index in [-0.39, 0.29) is 15.8 Å². The number of carbonyl (C=O) groups excluding carboxylic acids is 1. The molecular weight excluding hydrogens is 359 g/mol. The molecule has 0 atom stereocenters. The smallest absolute Gasteiger partial charge is 0.255 e. The summed E-state index contributed by atoms with van der Waals surface area (Å²) in [6.07, 6.45) is 0. The van der Waals surface area contributed by atoms with Gasteiger partial charge in [0.25, 0.3) is 5.91 Å². The number of nitrogens with one attached hydrogen (secondary N) is 1. The van der Waals surface area contributed by atoms with Crippen LogP contribution in [0.2, 0.25) is 10.0 Å². The molecule has 0 aliphatic carbocycles. The van der Waals surface area contributed by atoms with Crippen molar-refractivity contribution in [3.05, 3.63) is 58.1 Å². The third-order valence-electron chi connectivity index (χ3n) is 3.07. The normalized spacial score (nSPS) is 11.5. The maximum Gasteiger partial charge on any atom is 0.255 e. The second kappa shape index (κ2) is 6.88. The topological polar surface area (TPSA) is 66.5 Å². The highest BCUT2D eigenvalue weighted by molar-refractivity contribution is 7.89. The highest BCUT2D eigenvalue weighted by atomic mass is 35.5. The van der Waals surface area contributed by atoms with Crippen LogP contribution in [0.4, 0.5) is 5.69 Å². The molecule has 2 aromatic carbocycles. The number of rotatable bonds is 4. The molecule has 0 saturated heterocycles. The number of sulfonamides is 1. The number of halogens is 2. The molecule has 23 heavy (non-hydrogen) atoms. The summed E-state index contributed by atoms with van der Waals surface area (Å²) in [5, 5.41) is 3.31. The molecule has 0 heterocycles. The monoisotopic (exact) mass is 372 g/mol. The van der Waals surface area contributed by atoms with E-state index in [0.717, 1.165) is 4.31 Å². The highest BCUT2D eigenvalue weighted by Crippen LogP contribution is 2.23. The summed E-state index contributed by atoms with van der Waals surface area (Å²) in [7, 11) is -0.589. The van der Waals surface area contributed by atoms with Crippen LogP contribution in [-0.4, -0.2) is 32.7 Å². The van der Waals surface area contributed by atoms with Crippen LogP contribution in [0.1, 0.15) is 10.4 Å². The van der Waals surface area contributed by atoms with Crippen LogP contribution >= 0.6 is 23.2 Å². The van der Waals surface area contributed by atoms with E-state index >= 15 is 0 Å². The molecule has 0 unspecified atom stereocenters. The number of benzene rings is 2. The van der Waals surface area contributed by atoms with Crippen molar-refractivity contribution >= 4 is 44.8 Å². The Labute approximate surface area is 144 Å². The van der Waals surface area contributed by atoms with Gasteiger partial charge in [0.05, 0.1) is 14.9 Å². The van der Waals surface area contributed by atoms with Crippen molar-refractivity contribution < 1.29 is 13.2 Å². The molecule has 1 amide bonds. The van der Waals surface area contributed by atoms with Crippen molar-refractivity contribution in [2.75, 3.05) is 19.4 Å². The molecule has 0 saturated carbocycles. The summed E-state index contributed by atoms with van der Waals surface area (Å²) in [5.74, 6) is -0.369. The van der Waals surface area contributed by atoms with E-state index in [1.807, 2.05) is 0 Å². The van der Waals surface area contributed by atoms with Crippen molar-refractivity contribution in [1.82, 2.24) is 4.31 Å². The number of nitrogens with zero attached hydrogens (tertiary/aromatic N) is 1. The van der Waals surface area contributed by atoms with E-state index < -0.39 is 10.0 Å². The van der Waals surface area contributed by atoms with Gasteiger partial charge in [-0.2, -0.15) is 0 Å². The first-order valence-corrected chi connectivity index (χ1v) is 8.70. The minimum Gasteiger partial charge on any atom is -0.322 e. The van der Waals surface area contributed by atoms with Gasteiger partial charge in [0, 0.05) is 25.3 Å². The number of hydrogen-bond acceptors (Lipinski definition) is 3. The molecule has 0 spiro atoms. The fourth-order valence-electron chi connectivity index (χ4n) is 1.76. The van der Waals surface area contributed by atoms with Gasteiger partial charge in [0.15, 0.2) is 0 Å². The van der Waals surface area contributed by atoms with Gasteiger partial charge in [-0.1, -0.05) is 23.2 Å². The fourth-order valence-corrected chi connectivity index (χ4v) is 2.96. The fraction of sp³-hybridized carbons (Fsp3) is 0.133. The Balaban J connectivity index is 2.18. The molecule has 122 valence electrons. The van der Waals surface area contributed by atoms with Crippen LogP contribution in [0.15, 0.2) is 47.4 Å². The predicted molar refractivity (Wildman–Crippen MR) is 91.7 cm³/mol. The van der Waals surface area contributed by atoms with Gasteiger partial charge in [-0.3, -0.25) is 4.79 Å². The summed E-state index contributed by atoms with van der Waals surface area (Å²) in [5.41, 5.74) is 0.822. The van der Waals surface area contributed by atoms with Gasteiger partial charge in [0.2, 0.25) is 10.0 Å². The molecule has 0 aliphatic rings. The molecule has 1 N–H and O–H groups in total. The third kappa shape index (κ3) is 4.03. The van der Waals surface area contributed by atoms with Crippen molar-refractivity contribution in [2.45, 2.75) is 4.90 Å². The summed E-state index contributed by atoms with van der Waals surface area (Å²) < 4.78 is 25.1. The molecule has 0 radical (unpaired) electrons. The number of carbonyl (C=O) groups is 1. The average molecular weight is 373 g/mol. The predicted octanol–water partition coefficient (Wildman–Crippen LogP) is 3.50. The van der Waals surface area contributed by atoms with Crippen molar-refractivity contribution in [3.8, 4) is 0 Å². The van der Waals surface area contributed by atoms with Gasteiger partial charge in [-0.05, 0) is 42.5 Å². The Hall–Kier alpha value is -1.60. The van der Waals surface area contributed by atoms with Crippen LogP contribution < -0.4 is 5.32 Å². The zero-order valence-corrected chi connectivity index (χ0v) is 14.7. The van der Waals surface area contributed by atoms with Gasteiger partial charge in [-0.25, -0.2) is 12.7 Å². The Bertz CT molecular complexity index is 834. The molecule has 0 fully saturated rings. The van der Waals surface area contributed by atoms with E-state index in [9.17, 15) is 13.2 Å². The van der Waals surface area contributed by atoms with E-state index in [1.54, 1.807) is 6.07 Å². The van der Waals surface area contributed by atoms with Crippen molar-refractivity contribution in [1.29, 1.82) is 0 Å². The molecule has 8 heteroatoms. The Morgan fingerprint density at radius 2 is 1.61 bits per heavy atom. The van der Waals surface area contributed by atoms with Gasteiger partial charge < -0.3 is 5.32 Å². The maximum absolute atomic E-state index is 12.1. The van der Waals surface area contributed by atoms with Gasteiger partial charge in [-0.15, -0.1) is 0 Å². The second-order valence-electron chi connectivity index (χ2n) is 4.89. The molecule has 2 rings (SSSR count). The Morgan fingerprint density at radius 1 is 1.00 bits per heavy atom. The van der Waals surface area contributed by atoms with Crippen LogP contribution in [0.5, 0.6) is 0 Å². The maximum atomic E-state index is 12.1. The summed E-state index contributed by atoms with van der Waals surface area (Å²) in [4.78, 5) is 12.3. The van der Waals surface area contributed by atoms with Crippen LogP contribution in [0.3, 0.4) is 0 Å². The first-order chi connectivity index (χ1) is 10.7. The molecule has 5 nitrogen and oxygen atoms in total. The first kappa shape index (κ1) is 17.7. The largest absolute Gasteiger partial charge is 0.322 e. The number of amides is 1. The number of hydrogen-bond donors (Lipinski definition) is 1. The minimum atomic E-state index is -3.50. The lowest BCUT2D eigenvalue weighted by Crippen LogP contribution is -2.22. The molecule has 0 aromatic heterocycles. The summed E-state index contributed by atoms with van der Waals surface area (Å²) in [6.45, 7) is 0. The molecule has 0 aliphatic heterocycles. The van der Waals surface area contributed by atoms with Gasteiger partial charge >= 0.3 is 0 Å². The first-order valence-electron chi connectivity index (χ1n) is 6.51. The highest BCUT2D eigenvalue weighted by Gasteiger charge is 2.17. The van der Waals surface area contributed by atoms with E-state index in [2.05, 4.69) is 5.32 Å². The lowest BCUT2D eigenvalue weighted by Gasteiger charge is -2.12. The second-order valence-corrected chi connectivity index (χ2v) is 7.86. The quantitative estimate of drug-likeness (QED) is 0.892. The van der Waals surface area contributed by atoms with E-state index in [1.165, 1.54) is 50.5 Å². The van der Waals surface area contributed by atoms with E-state index in [0.29, 0.717) is 16.3 Å². The van der Waals surface area contributed by atoms with E-state index in [4.69, 9.17) is 23.2 Å². The molecule has 2 aromatic rings. The Kier molecular flexibility index (Phi) is 5.31. The minimum absolute atomic E-state index is 0.148.